The fourth-order valence-corrected chi connectivity index (χ4v) is 2.64. The van der Waals surface area contributed by atoms with E-state index in [0.29, 0.717) is 6.54 Å². The quantitative estimate of drug-likeness (QED) is 0.816. The van der Waals surface area contributed by atoms with E-state index in [1.807, 2.05) is 34.6 Å². The first-order valence-corrected chi connectivity index (χ1v) is 8.97. The topological polar surface area (TPSA) is 76.0 Å². The predicted molar refractivity (Wildman–Crippen MR) is 102 cm³/mol. The summed E-state index contributed by atoms with van der Waals surface area (Å²) in [6, 6.07) is 5.84. The molecule has 146 valence electrons. The molecular formula is C20H27FN4O2. The molecule has 0 radical (unpaired) electrons. The number of amides is 2. The van der Waals surface area contributed by atoms with Gasteiger partial charge in [0.15, 0.2) is 0 Å². The predicted octanol–water partition coefficient (Wildman–Crippen LogP) is 3.05. The van der Waals surface area contributed by atoms with Crippen molar-refractivity contribution in [2.45, 2.75) is 47.1 Å². The molecule has 0 fully saturated rings. The van der Waals surface area contributed by atoms with Crippen molar-refractivity contribution in [3.63, 3.8) is 0 Å². The standard InChI is InChI=1S/C20H27FN4O2/c1-13(24-18(26)10-11-22-19(27)20(3,4)5)17-12-23-25(14(17)2)16-8-6-15(21)7-9-16/h6-9,12-13H,10-11H2,1-5H3,(H,22,27)(H,24,26). The molecule has 1 atom stereocenters. The SMILES string of the molecule is Cc1c(C(C)NC(=O)CCNC(=O)C(C)(C)C)cnn1-c1ccc(F)cc1. The summed E-state index contributed by atoms with van der Waals surface area (Å²) in [6.45, 7) is 9.55. The average molecular weight is 374 g/mol. The number of hydrogen-bond acceptors (Lipinski definition) is 3. The van der Waals surface area contributed by atoms with E-state index in [1.54, 1.807) is 23.0 Å². The molecule has 1 aromatic heterocycles. The fraction of sp³-hybridized carbons (Fsp3) is 0.450. The lowest BCUT2D eigenvalue weighted by Gasteiger charge is -2.18. The smallest absolute Gasteiger partial charge is 0.225 e. The van der Waals surface area contributed by atoms with Crippen LogP contribution in [0.2, 0.25) is 0 Å². The van der Waals surface area contributed by atoms with E-state index in [9.17, 15) is 14.0 Å². The van der Waals surface area contributed by atoms with Crippen LogP contribution in [0.1, 0.15) is 51.4 Å². The highest BCUT2D eigenvalue weighted by atomic mass is 19.1. The van der Waals surface area contributed by atoms with Gasteiger partial charge in [-0.05, 0) is 38.1 Å². The molecule has 0 saturated heterocycles. The second kappa shape index (κ2) is 8.33. The molecule has 6 nitrogen and oxygen atoms in total. The molecular weight excluding hydrogens is 347 g/mol. The molecule has 0 aliphatic rings. The van der Waals surface area contributed by atoms with Gasteiger partial charge in [0.05, 0.1) is 17.9 Å². The molecule has 2 N–H and O–H groups in total. The van der Waals surface area contributed by atoms with Gasteiger partial charge >= 0.3 is 0 Å². The Morgan fingerprint density at radius 3 is 2.44 bits per heavy atom. The number of rotatable bonds is 6. The van der Waals surface area contributed by atoms with Crippen LogP contribution in [-0.4, -0.2) is 28.1 Å². The van der Waals surface area contributed by atoms with Gasteiger partial charge in [-0.25, -0.2) is 9.07 Å². The maximum Gasteiger partial charge on any atom is 0.225 e. The molecule has 0 saturated carbocycles. The number of nitrogens with zero attached hydrogens (tertiary/aromatic N) is 2. The molecule has 0 aliphatic heterocycles. The molecule has 2 amide bonds. The minimum absolute atomic E-state index is 0.0835. The molecule has 27 heavy (non-hydrogen) atoms. The largest absolute Gasteiger partial charge is 0.355 e. The summed E-state index contributed by atoms with van der Waals surface area (Å²) in [7, 11) is 0. The molecule has 0 spiro atoms. The maximum atomic E-state index is 13.1. The van der Waals surface area contributed by atoms with Gasteiger partial charge in [-0.3, -0.25) is 9.59 Å². The number of halogens is 1. The second-order valence-corrected chi connectivity index (χ2v) is 7.62. The van der Waals surface area contributed by atoms with Crippen LogP contribution < -0.4 is 10.6 Å². The molecule has 7 heteroatoms. The zero-order chi connectivity index (χ0) is 20.2. The van der Waals surface area contributed by atoms with Crippen LogP contribution in [0.5, 0.6) is 0 Å². The first-order chi connectivity index (χ1) is 12.6. The van der Waals surface area contributed by atoms with Gasteiger partial charge in [-0.1, -0.05) is 20.8 Å². The van der Waals surface area contributed by atoms with Crippen LogP contribution in [0.4, 0.5) is 4.39 Å². The number of aromatic nitrogens is 2. The lowest BCUT2D eigenvalue weighted by molar-refractivity contribution is -0.128. The molecule has 0 bridgehead atoms. The molecule has 0 aliphatic carbocycles. The Labute approximate surface area is 159 Å². The number of carbonyl (C=O) groups is 2. The van der Waals surface area contributed by atoms with Crippen LogP contribution >= 0.6 is 0 Å². The number of nitrogens with one attached hydrogen (secondary N) is 2. The van der Waals surface area contributed by atoms with Crippen molar-refractivity contribution >= 4 is 11.8 Å². The third-order valence-electron chi connectivity index (χ3n) is 4.28. The number of carbonyl (C=O) groups excluding carboxylic acids is 2. The Balaban J connectivity index is 1.94. The second-order valence-electron chi connectivity index (χ2n) is 7.62. The van der Waals surface area contributed by atoms with E-state index >= 15 is 0 Å². The van der Waals surface area contributed by atoms with E-state index in [1.165, 1.54) is 12.1 Å². The van der Waals surface area contributed by atoms with E-state index < -0.39 is 5.41 Å². The Kier molecular flexibility index (Phi) is 6.36. The first-order valence-electron chi connectivity index (χ1n) is 8.97. The van der Waals surface area contributed by atoms with Crippen molar-refractivity contribution in [2.24, 2.45) is 5.41 Å². The van der Waals surface area contributed by atoms with Gasteiger partial charge in [0.25, 0.3) is 0 Å². The highest BCUT2D eigenvalue weighted by Crippen LogP contribution is 2.20. The van der Waals surface area contributed by atoms with Gasteiger partial charge in [-0.2, -0.15) is 5.10 Å². The Bertz CT molecular complexity index is 806. The summed E-state index contributed by atoms with van der Waals surface area (Å²) in [6.07, 6.45) is 1.91. The van der Waals surface area contributed by atoms with Crippen molar-refractivity contribution in [3.8, 4) is 5.69 Å². The Morgan fingerprint density at radius 1 is 1.22 bits per heavy atom. The van der Waals surface area contributed by atoms with Crippen LogP contribution in [0, 0.1) is 18.2 Å². The zero-order valence-electron chi connectivity index (χ0n) is 16.5. The van der Waals surface area contributed by atoms with Crippen LogP contribution in [0.25, 0.3) is 5.69 Å². The summed E-state index contributed by atoms with van der Waals surface area (Å²) in [4.78, 5) is 24.0. The highest BCUT2D eigenvalue weighted by Gasteiger charge is 2.21. The van der Waals surface area contributed by atoms with Crippen molar-refractivity contribution in [1.29, 1.82) is 0 Å². The summed E-state index contributed by atoms with van der Waals surface area (Å²) >= 11 is 0. The minimum Gasteiger partial charge on any atom is -0.355 e. The Hall–Kier alpha value is -2.70. The van der Waals surface area contributed by atoms with E-state index in [-0.39, 0.29) is 30.1 Å². The molecule has 1 unspecified atom stereocenters. The van der Waals surface area contributed by atoms with Crippen LogP contribution in [0.15, 0.2) is 30.5 Å². The normalized spacial score (nSPS) is 12.5. The van der Waals surface area contributed by atoms with Crippen LogP contribution in [0.3, 0.4) is 0 Å². The minimum atomic E-state index is -0.476. The zero-order valence-corrected chi connectivity index (χ0v) is 16.5. The number of hydrogen-bond donors (Lipinski definition) is 2. The summed E-state index contributed by atoms with van der Waals surface area (Å²) < 4.78 is 14.8. The highest BCUT2D eigenvalue weighted by molar-refractivity contribution is 5.82. The lowest BCUT2D eigenvalue weighted by atomic mass is 9.96. The van der Waals surface area contributed by atoms with Crippen molar-refractivity contribution in [1.82, 2.24) is 20.4 Å². The fourth-order valence-electron chi connectivity index (χ4n) is 2.64. The van der Waals surface area contributed by atoms with E-state index in [0.717, 1.165) is 16.9 Å². The van der Waals surface area contributed by atoms with Crippen LogP contribution in [-0.2, 0) is 9.59 Å². The van der Waals surface area contributed by atoms with E-state index in [4.69, 9.17) is 0 Å². The van der Waals surface area contributed by atoms with Gasteiger partial charge < -0.3 is 10.6 Å². The maximum absolute atomic E-state index is 13.1. The molecule has 1 heterocycles. The molecule has 2 rings (SSSR count). The number of benzene rings is 1. The van der Waals surface area contributed by atoms with E-state index in [2.05, 4.69) is 15.7 Å². The summed E-state index contributed by atoms with van der Waals surface area (Å²) in [5.41, 5.74) is 2.03. The van der Waals surface area contributed by atoms with Gasteiger partial charge in [0.1, 0.15) is 5.82 Å². The summed E-state index contributed by atoms with van der Waals surface area (Å²) in [5, 5.41) is 10.0. The third-order valence-corrected chi connectivity index (χ3v) is 4.28. The molecule has 1 aromatic carbocycles. The first kappa shape index (κ1) is 20.6. The van der Waals surface area contributed by atoms with Crippen molar-refractivity contribution in [3.05, 3.63) is 47.5 Å². The molecule has 2 aromatic rings. The monoisotopic (exact) mass is 374 g/mol. The van der Waals surface area contributed by atoms with Gasteiger partial charge in [-0.15, -0.1) is 0 Å². The van der Waals surface area contributed by atoms with Gasteiger partial charge in [0, 0.05) is 29.6 Å². The lowest BCUT2D eigenvalue weighted by Crippen LogP contribution is -2.37. The Morgan fingerprint density at radius 2 is 1.85 bits per heavy atom. The van der Waals surface area contributed by atoms with Gasteiger partial charge in [0.2, 0.25) is 11.8 Å². The van der Waals surface area contributed by atoms with Crippen molar-refractivity contribution < 1.29 is 14.0 Å². The average Bonchev–Trinajstić information content (AvgIpc) is 2.96. The van der Waals surface area contributed by atoms with Crippen molar-refractivity contribution in [2.75, 3.05) is 6.54 Å². The third kappa shape index (κ3) is 5.39. The summed E-state index contributed by atoms with van der Waals surface area (Å²) in [5.74, 6) is -0.534.